The molecular weight excluding hydrogens is 415 g/mol. The number of benzene rings is 2. The van der Waals surface area contributed by atoms with Gasteiger partial charge in [0.1, 0.15) is 10.7 Å². The third-order valence-electron chi connectivity index (χ3n) is 3.31. The van der Waals surface area contributed by atoms with Crippen LogP contribution in [0.1, 0.15) is 28.9 Å². The van der Waals surface area contributed by atoms with E-state index in [2.05, 4.69) is 15.9 Å². The zero-order chi connectivity index (χ0) is 18.8. The quantitative estimate of drug-likeness (QED) is 0.537. The zero-order valence-corrected chi connectivity index (χ0v) is 15.7. The molecule has 0 aliphatic carbocycles. The van der Waals surface area contributed by atoms with Crippen molar-refractivity contribution in [3.63, 3.8) is 0 Å². The number of esters is 1. The van der Waals surface area contributed by atoms with E-state index in [9.17, 15) is 22.4 Å². The Morgan fingerprint density at radius 1 is 1.12 bits per heavy atom. The molecule has 0 aliphatic heterocycles. The Morgan fingerprint density at radius 2 is 1.72 bits per heavy atom. The van der Waals surface area contributed by atoms with Gasteiger partial charge in [0.2, 0.25) is 5.78 Å². The van der Waals surface area contributed by atoms with Crippen LogP contribution in [0.5, 0.6) is 0 Å². The fourth-order valence-electron chi connectivity index (χ4n) is 2.19. The van der Waals surface area contributed by atoms with Crippen LogP contribution in [0.4, 0.5) is 4.39 Å². The predicted molar refractivity (Wildman–Crippen MR) is 92.5 cm³/mol. The number of carbonyl (C=O) groups is 2. The largest absolute Gasteiger partial charge is 0.449 e. The van der Waals surface area contributed by atoms with Crippen LogP contribution in [0.2, 0.25) is 0 Å². The summed E-state index contributed by atoms with van der Waals surface area (Å²) in [6, 6.07) is 9.54. The first-order valence-corrected chi connectivity index (χ1v) is 9.74. The van der Waals surface area contributed by atoms with Gasteiger partial charge in [0.15, 0.2) is 15.9 Å². The van der Waals surface area contributed by atoms with Gasteiger partial charge < -0.3 is 4.74 Å². The molecule has 2 aromatic rings. The molecule has 0 heterocycles. The standard InChI is InChI=1S/C17H14BrFO5S/c1-10(20)24-17(16(21)11-3-6-13(18)7-4-11)12-5-8-15(14(19)9-12)25(2,22)23/h3-9,17H,1-2H3/t17-/m1/s1. The maximum absolute atomic E-state index is 14.1. The number of ketones is 1. The Bertz CT molecular complexity index is 923. The molecular formula is C17H14BrFO5S. The van der Waals surface area contributed by atoms with Gasteiger partial charge in [0.05, 0.1) is 0 Å². The highest BCUT2D eigenvalue weighted by atomic mass is 79.9. The molecule has 0 aromatic heterocycles. The molecule has 0 bridgehead atoms. The van der Waals surface area contributed by atoms with Gasteiger partial charge in [-0.1, -0.05) is 34.1 Å². The van der Waals surface area contributed by atoms with Crippen LogP contribution in [0.25, 0.3) is 0 Å². The first kappa shape index (κ1) is 19.3. The lowest BCUT2D eigenvalue weighted by Crippen LogP contribution is -2.19. The minimum Gasteiger partial charge on any atom is -0.449 e. The number of hydrogen-bond acceptors (Lipinski definition) is 5. The Morgan fingerprint density at radius 3 is 2.20 bits per heavy atom. The van der Waals surface area contributed by atoms with E-state index in [0.717, 1.165) is 29.8 Å². The third kappa shape index (κ3) is 4.73. The van der Waals surface area contributed by atoms with Crippen LogP contribution in [-0.4, -0.2) is 26.4 Å². The van der Waals surface area contributed by atoms with Gasteiger partial charge in [0.25, 0.3) is 0 Å². The highest BCUT2D eigenvalue weighted by molar-refractivity contribution is 9.10. The van der Waals surface area contributed by atoms with Crippen molar-refractivity contribution in [2.24, 2.45) is 0 Å². The van der Waals surface area contributed by atoms with Crippen molar-refractivity contribution in [2.75, 3.05) is 6.26 Å². The van der Waals surface area contributed by atoms with Gasteiger partial charge in [-0.05, 0) is 24.3 Å². The molecule has 0 unspecified atom stereocenters. The van der Waals surface area contributed by atoms with Crippen molar-refractivity contribution in [3.05, 3.63) is 63.9 Å². The van der Waals surface area contributed by atoms with Crippen LogP contribution in [-0.2, 0) is 19.4 Å². The number of Topliss-reactive ketones (excluding diaryl/α,β-unsaturated/α-hetero) is 1. The van der Waals surface area contributed by atoms with E-state index in [1.165, 1.54) is 18.2 Å². The number of sulfone groups is 1. The molecule has 0 saturated carbocycles. The average molecular weight is 429 g/mol. The Kier molecular flexibility index (Phi) is 5.74. The van der Waals surface area contributed by atoms with Crippen molar-refractivity contribution in [1.82, 2.24) is 0 Å². The summed E-state index contributed by atoms with van der Waals surface area (Å²) < 4.78 is 42.9. The Labute approximate surface area is 152 Å². The summed E-state index contributed by atoms with van der Waals surface area (Å²) in [7, 11) is -3.75. The number of ether oxygens (including phenoxy) is 1. The number of halogens is 2. The lowest BCUT2D eigenvalue weighted by Gasteiger charge is -2.17. The minimum absolute atomic E-state index is 0.0491. The second kappa shape index (κ2) is 7.45. The molecule has 132 valence electrons. The predicted octanol–water partition coefficient (Wildman–Crippen LogP) is 3.48. The normalized spacial score (nSPS) is 12.5. The molecule has 0 radical (unpaired) electrons. The topological polar surface area (TPSA) is 77.5 Å². The zero-order valence-electron chi connectivity index (χ0n) is 13.3. The summed E-state index contributed by atoms with van der Waals surface area (Å²) in [6.45, 7) is 1.13. The van der Waals surface area contributed by atoms with E-state index < -0.39 is 38.4 Å². The molecule has 2 aromatic carbocycles. The number of hydrogen-bond donors (Lipinski definition) is 0. The van der Waals surface area contributed by atoms with Gasteiger partial charge in [-0.25, -0.2) is 12.8 Å². The van der Waals surface area contributed by atoms with Crippen LogP contribution in [0.3, 0.4) is 0 Å². The summed E-state index contributed by atoms with van der Waals surface area (Å²) in [6.07, 6.45) is -0.497. The smallest absolute Gasteiger partial charge is 0.303 e. The van der Waals surface area contributed by atoms with E-state index in [-0.39, 0.29) is 11.1 Å². The SMILES string of the molecule is CC(=O)O[C@@H](C(=O)c1ccc(Br)cc1)c1ccc(S(C)(=O)=O)c(F)c1. The molecule has 2 rings (SSSR count). The van der Waals surface area contributed by atoms with Crippen molar-refractivity contribution in [3.8, 4) is 0 Å². The molecule has 0 aliphatic rings. The monoisotopic (exact) mass is 428 g/mol. The molecule has 5 nitrogen and oxygen atoms in total. The maximum Gasteiger partial charge on any atom is 0.303 e. The first-order chi connectivity index (χ1) is 11.6. The highest BCUT2D eigenvalue weighted by Gasteiger charge is 2.27. The van der Waals surface area contributed by atoms with E-state index in [1.807, 2.05) is 0 Å². The number of carbonyl (C=O) groups excluding carboxylic acids is 2. The van der Waals surface area contributed by atoms with Crippen molar-refractivity contribution in [2.45, 2.75) is 17.9 Å². The minimum atomic E-state index is -3.75. The molecule has 25 heavy (non-hydrogen) atoms. The first-order valence-electron chi connectivity index (χ1n) is 7.06. The molecule has 0 spiro atoms. The second-order valence-electron chi connectivity index (χ2n) is 5.32. The summed E-state index contributed by atoms with van der Waals surface area (Å²) in [5.74, 6) is -2.28. The molecule has 0 saturated heterocycles. The van der Waals surface area contributed by atoms with Crippen molar-refractivity contribution in [1.29, 1.82) is 0 Å². The summed E-state index contributed by atoms with van der Waals surface area (Å²) in [5, 5.41) is 0. The molecule has 0 N–H and O–H groups in total. The van der Waals surface area contributed by atoms with E-state index in [4.69, 9.17) is 4.74 Å². The molecule has 0 fully saturated rings. The Hall–Kier alpha value is -2.06. The van der Waals surface area contributed by atoms with Gasteiger partial charge in [-0.15, -0.1) is 0 Å². The lowest BCUT2D eigenvalue weighted by atomic mass is 9.99. The van der Waals surface area contributed by atoms with Crippen molar-refractivity contribution >= 4 is 37.5 Å². The molecule has 8 heteroatoms. The average Bonchev–Trinajstić information content (AvgIpc) is 2.51. The summed E-state index contributed by atoms with van der Waals surface area (Å²) in [5.41, 5.74) is 0.315. The highest BCUT2D eigenvalue weighted by Crippen LogP contribution is 2.26. The fourth-order valence-corrected chi connectivity index (χ4v) is 3.18. The van der Waals surface area contributed by atoms with Gasteiger partial charge in [-0.3, -0.25) is 9.59 Å². The van der Waals surface area contributed by atoms with Gasteiger partial charge >= 0.3 is 5.97 Å². The van der Waals surface area contributed by atoms with Crippen LogP contribution < -0.4 is 0 Å². The van der Waals surface area contributed by atoms with Crippen LogP contribution in [0.15, 0.2) is 51.8 Å². The van der Waals surface area contributed by atoms with Crippen LogP contribution >= 0.6 is 15.9 Å². The van der Waals surface area contributed by atoms with Crippen LogP contribution in [0, 0.1) is 5.82 Å². The molecule has 0 amide bonds. The Balaban J connectivity index is 2.47. The van der Waals surface area contributed by atoms with Gasteiger partial charge in [-0.2, -0.15) is 0 Å². The third-order valence-corrected chi connectivity index (χ3v) is 4.97. The molecule has 1 atom stereocenters. The fraction of sp³-hybridized carbons (Fsp3) is 0.176. The summed E-state index contributed by atoms with van der Waals surface area (Å²) >= 11 is 3.25. The van der Waals surface area contributed by atoms with Gasteiger partial charge in [0, 0.05) is 28.8 Å². The second-order valence-corrected chi connectivity index (χ2v) is 8.22. The lowest BCUT2D eigenvalue weighted by molar-refractivity contribution is -0.144. The van der Waals surface area contributed by atoms with E-state index >= 15 is 0 Å². The van der Waals surface area contributed by atoms with E-state index in [0.29, 0.717) is 0 Å². The summed E-state index contributed by atoms with van der Waals surface area (Å²) in [4.78, 5) is 23.5. The van der Waals surface area contributed by atoms with E-state index in [1.54, 1.807) is 12.1 Å². The maximum atomic E-state index is 14.1. The van der Waals surface area contributed by atoms with Crippen molar-refractivity contribution < 1.29 is 27.1 Å². The number of rotatable bonds is 5.